The molecule has 0 amide bonds. The van der Waals surface area contributed by atoms with Crippen LogP contribution in [0.25, 0.3) is 0 Å². The molecule has 0 radical (unpaired) electrons. The predicted molar refractivity (Wildman–Crippen MR) is 50.4 cm³/mol. The third-order valence-electron chi connectivity index (χ3n) is 1.69. The van der Waals surface area contributed by atoms with Gasteiger partial charge in [0.2, 0.25) is 10.4 Å². The number of aliphatic hydroxyl groups is 4. The number of aliphatic carboxylic acids is 1. The van der Waals surface area contributed by atoms with Gasteiger partial charge in [-0.15, -0.1) is 0 Å². The Kier molecular flexibility index (Phi) is 9.89. The Morgan fingerprint density at radius 3 is 1.94 bits per heavy atom. The van der Waals surface area contributed by atoms with Crippen LogP contribution >= 0.6 is 0 Å². The number of hydrogen-bond donors (Lipinski definition) is 4. The minimum atomic E-state index is -5.11. The fourth-order valence-corrected chi connectivity index (χ4v) is 1.11. The first-order valence-electron chi connectivity index (χ1n) is 4.09. The molecule has 0 heterocycles. The predicted octanol–water partition coefficient (Wildman–Crippen LogP) is -5.72. The van der Waals surface area contributed by atoms with Gasteiger partial charge in [-0.1, -0.05) is 0 Å². The molecule has 4 atom stereocenters. The first-order valence-corrected chi connectivity index (χ1v) is 5.43. The Morgan fingerprint density at radius 2 is 1.61 bits per heavy atom. The van der Waals surface area contributed by atoms with Gasteiger partial charge in [0.05, 0.1) is 12.6 Å². The van der Waals surface area contributed by atoms with Crippen molar-refractivity contribution in [3.63, 3.8) is 0 Å². The van der Waals surface area contributed by atoms with Gasteiger partial charge in [0, 0.05) is 0 Å². The molecule has 0 saturated carbocycles. The van der Waals surface area contributed by atoms with Gasteiger partial charge in [-0.05, 0) is 0 Å². The molecule has 0 fully saturated rings. The molecule has 0 bridgehead atoms. The van der Waals surface area contributed by atoms with E-state index in [1.807, 2.05) is 0 Å². The van der Waals surface area contributed by atoms with E-state index in [9.17, 15) is 22.9 Å². The molecule has 0 rings (SSSR count). The van der Waals surface area contributed by atoms with E-state index < -0.39 is 47.4 Å². The standard InChI is InChI=1S/C6H12O10S.Ca/c7-2(1-16-17(13,14)15)3(8)4(9)5(10)6(11)12;/h2-5,7-10H,1H2,(H,11,12)(H,13,14,15);/q;+2/p-2. The van der Waals surface area contributed by atoms with Crippen molar-refractivity contribution in [3.8, 4) is 0 Å². The van der Waals surface area contributed by atoms with E-state index in [-0.39, 0.29) is 37.7 Å². The van der Waals surface area contributed by atoms with Crippen LogP contribution in [0.5, 0.6) is 0 Å². The van der Waals surface area contributed by atoms with Gasteiger partial charge in [-0.25, -0.2) is 8.42 Å². The molecular formula is C6H10CaO10S. The summed E-state index contributed by atoms with van der Waals surface area (Å²) in [5.41, 5.74) is 0. The Labute approximate surface area is 132 Å². The molecule has 0 aromatic carbocycles. The molecule has 0 aliphatic carbocycles. The second kappa shape index (κ2) is 8.58. The zero-order valence-corrected chi connectivity index (χ0v) is 11.9. The maximum Gasteiger partial charge on any atom is 2.00 e. The van der Waals surface area contributed by atoms with E-state index in [4.69, 9.17) is 20.4 Å². The summed E-state index contributed by atoms with van der Waals surface area (Å²) in [6, 6.07) is 0. The number of rotatable bonds is 7. The van der Waals surface area contributed by atoms with Gasteiger partial charge >= 0.3 is 37.7 Å². The van der Waals surface area contributed by atoms with Crippen molar-refractivity contribution in [3.05, 3.63) is 0 Å². The summed E-state index contributed by atoms with van der Waals surface area (Å²) in [5, 5.41) is 45.9. The smallest absolute Gasteiger partial charge is 0.726 e. The SMILES string of the molecule is O=C([O-])C(O)C(O)C(O)C(O)COS(=O)(=O)[O-].[Ca+2]. The van der Waals surface area contributed by atoms with Gasteiger partial charge in [0.15, 0.2) is 0 Å². The molecule has 10 nitrogen and oxygen atoms in total. The zero-order chi connectivity index (χ0) is 13.8. The second-order valence-electron chi connectivity index (χ2n) is 3.01. The molecule has 0 spiro atoms. The largest absolute Gasteiger partial charge is 2.00 e. The van der Waals surface area contributed by atoms with Crippen LogP contribution < -0.4 is 5.11 Å². The molecule has 18 heavy (non-hydrogen) atoms. The van der Waals surface area contributed by atoms with Gasteiger partial charge in [0.1, 0.15) is 24.4 Å². The topological polar surface area (TPSA) is 187 Å². The number of hydrogen-bond acceptors (Lipinski definition) is 10. The van der Waals surface area contributed by atoms with Crippen LogP contribution in [0.3, 0.4) is 0 Å². The number of carbonyl (C=O) groups excluding carboxylic acids is 1. The van der Waals surface area contributed by atoms with E-state index in [1.165, 1.54) is 0 Å². The Hall–Kier alpha value is 0.440. The van der Waals surface area contributed by atoms with Crippen LogP contribution in [-0.4, -0.2) is 108 Å². The van der Waals surface area contributed by atoms with Crippen LogP contribution in [0.2, 0.25) is 0 Å². The summed E-state index contributed by atoms with van der Waals surface area (Å²) in [6.45, 7) is -1.20. The minimum absolute atomic E-state index is 0. The first kappa shape index (κ1) is 20.8. The molecule has 0 aromatic rings. The summed E-state index contributed by atoms with van der Waals surface area (Å²) in [5.74, 6) is -2.11. The van der Waals surface area contributed by atoms with Crippen LogP contribution in [0.4, 0.5) is 0 Å². The maximum absolute atomic E-state index is 10.1. The van der Waals surface area contributed by atoms with Crippen molar-refractivity contribution in [2.24, 2.45) is 0 Å². The molecule has 102 valence electrons. The molecular weight excluding hydrogens is 304 g/mol. The normalized spacial score (nSPS) is 18.3. The van der Waals surface area contributed by atoms with Gasteiger partial charge in [0.25, 0.3) is 0 Å². The second-order valence-corrected chi connectivity index (χ2v) is 4.06. The molecule has 0 aromatic heterocycles. The third-order valence-corrected chi connectivity index (χ3v) is 2.12. The molecule has 4 N–H and O–H groups in total. The number of carboxylic acids is 1. The summed E-state index contributed by atoms with van der Waals surface area (Å²) >= 11 is 0. The molecule has 4 unspecified atom stereocenters. The van der Waals surface area contributed by atoms with Crippen molar-refractivity contribution < 1.29 is 47.5 Å². The van der Waals surface area contributed by atoms with Crippen molar-refractivity contribution in [2.75, 3.05) is 6.61 Å². The monoisotopic (exact) mass is 314 g/mol. The van der Waals surface area contributed by atoms with Crippen LogP contribution in [0.15, 0.2) is 0 Å². The average Bonchev–Trinajstić information content (AvgIpc) is 2.21. The van der Waals surface area contributed by atoms with Crippen molar-refractivity contribution in [1.82, 2.24) is 0 Å². The van der Waals surface area contributed by atoms with E-state index >= 15 is 0 Å². The summed E-state index contributed by atoms with van der Waals surface area (Å²) in [7, 11) is -5.11. The van der Waals surface area contributed by atoms with Gasteiger partial charge in [-0.3, -0.25) is 4.18 Å². The first-order chi connectivity index (χ1) is 7.56. The average molecular weight is 314 g/mol. The minimum Gasteiger partial charge on any atom is -0.726 e. The molecule has 0 aliphatic heterocycles. The Morgan fingerprint density at radius 1 is 1.17 bits per heavy atom. The Balaban J connectivity index is 0. The van der Waals surface area contributed by atoms with Gasteiger partial charge < -0.3 is 34.9 Å². The van der Waals surface area contributed by atoms with Crippen LogP contribution in [0, 0.1) is 0 Å². The Bertz CT molecular complexity index is 355. The van der Waals surface area contributed by atoms with Crippen LogP contribution in [-0.2, 0) is 19.4 Å². The summed E-state index contributed by atoms with van der Waals surface area (Å²) < 4.78 is 33.5. The fraction of sp³-hybridized carbons (Fsp3) is 0.833. The fourth-order valence-electron chi connectivity index (χ4n) is 0.805. The molecule has 12 heteroatoms. The quantitative estimate of drug-likeness (QED) is 0.200. The summed E-state index contributed by atoms with van der Waals surface area (Å²) in [4.78, 5) is 10.1. The number of carbonyl (C=O) groups is 1. The molecule has 0 aliphatic rings. The van der Waals surface area contributed by atoms with Crippen LogP contribution in [0.1, 0.15) is 0 Å². The summed E-state index contributed by atoms with van der Waals surface area (Å²) in [6.07, 6.45) is -9.18. The zero-order valence-electron chi connectivity index (χ0n) is 8.87. The maximum atomic E-state index is 10.1. The number of aliphatic hydroxyl groups excluding tert-OH is 4. The third kappa shape index (κ3) is 7.78. The van der Waals surface area contributed by atoms with Crippen molar-refractivity contribution in [1.29, 1.82) is 0 Å². The number of carboxylic acid groups (broad SMARTS) is 1. The molecule has 0 saturated heterocycles. The van der Waals surface area contributed by atoms with E-state index in [2.05, 4.69) is 4.18 Å². The van der Waals surface area contributed by atoms with E-state index in [0.717, 1.165) is 0 Å². The van der Waals surface area contributed by atoms with Crippen molar-refractivity contribution in [2.45, 2.75) is 24.4 Å². The van der Waals surface area contributed by atoms with Gasteiger partial charge in [-0.2, -0.15) is 0 Å². The van der Waals surface area contributed by atoms with E-state index in [1.54, 1.807) is 0 Å². The van der Waals surface area contributed by atoms with Crippen molar-refractivity contribution >= 4 is 54.1 Å². The van der Waals surface area contributed by atoms with E-state index in [0.29, 0.717) is 0 Å².